The molecule has 1 aromatic rings. The van der Waals surface area contributed by atoms with E-state index in [9.17, 15) is 4.79 Å². The van der Waals surface area contributed by atoms with Crippen LogP contribution in [0.15, 0.2) is 18.3 Å². The number of nitrogens with zero attached hydrogens (tertiary/aromatic N) is 1. The summed E-state index contributed by atoms with van der Waals surface area (Å²) in [6.07, 6.45) is 3.59. The molecule has 4 heteroatoms. The Balaban J connectivity index is 2.11. The Bertz CT molecular complexity index is 410. The number of anilines is 1. The highest BCUT2D eigenvalue weighted by Gasteiger charge is 2.48. The fourth-order valence-electron chi connectivity index (χ4n) is 2.70. The van der Waals surface area contributed by atoms with Crippen molar-refractivity contribution in [2.24, 2.45) is 0 Å². The van der Waals surface area contributed by atoms with Crippen molar-refractivity contribution in [3.63, 3.8) is 0 Å². The van der Waals surface area contributed by atoms with Crippen LogP contribution in [0, 0.1) is 0 Å². The van der Waals surface area contributed by atoms with Crippen molar-refractivity contribution >= 4 is 11.7 Å². The van der Waals surface area contributed by atoms with Crippen LogP contribution < -0.4 is 10.6 Å². The van der Waals surface area contributed by atoms with Gasteiger partial charge < -0.3 is 10.6 Å². The lowest BCUT2D eigenvalue weighted by atomic mass is 9.75. The molecule has 3 heterocycles. The van der Waals surface area contributed by atoms with Crippen LogP contribution in [0.1, 0.15) is 18.4 Å². The summed E-state index contributed by atoms with van der Waals surface area (Å²) in [5.74, 6) is 0.911. The lowest BCUT2D eigenvalue weighted by Crippen LogP contribution is -2.87. The molecule has 4 nitrogen and oxygen atoms in total. The van der Waals surface area contributed by atoms with Crippen molar-refractivity contribution < 1.29 is 10.1 Å². The number of nitrogens with one attached hydrogen (secondary N) is 1. The number of pyridine rings is 1. The van der Waals surface area contributed by atoms with Crippen molar-refractivity contribution in [3.8, 4) is 0 Å². The molecule has 0 radical (unpaired) electrons. The van der Waals surface area contributed by atoms with E-state index in [0.29, 0.717) is 0 Å². The summed E-state index contributed by atoms with van der Waals surface area (Å²) in [4.78, 5) is 16.3. The maximum absolute atomic E-state index is 12.0. The Labute approximate surface area is 88.1 Å². The number of hydrogen-bond donors (Lipinski definition) is 2. The van der Waals surface area contributed by atoms with Crippen LogP contribution in [-0.2, 0) is 10.2 Å². The molecule has 0 aliphatic carbocycles. The summed E-state index contributed by atoms with van der Waals surface area (Å²) >= 11 is 0. The number of aromatic nitrogens is 1. The smallest absolute Gasteiger partial charge is 0.236 e. The van der Waals surface area contributed by atoms with E-state index >= 15 is 0 Å². The second kappa shape index (κ2) is 3.03. The molecule has 1 aromatic heterocycles. The summed E-state index contributed by atoms with van der Waals surface area (Å²) in [5, 5.41) is 5.16. The zero-order chi connectivity index (χ0) is 10.3. The highest BCUT2D eigenvalue weighted by molar-refractivity contribution is 6.05. The molecule has 3 rings (SSSR count). The molecular weight excluding hydrogens is 190 g/mol. The first-order valence-corrected chi connectivity index (χ1v) is 5.41. The average Bonchev–Trinajstić information content (AvgIpc) is 2.55. The van der Waals surface area contributed by atoms with Crippen molar-refractivity contribution in [1.29, 1.82) is 0 Å². The second-order valence-corrected chi connectivity index (χ2v) is 4.30. The van der Waals surface area contributed by atoms with Crippen LogP contribution >= 0.6 is 0 Å². The fourth-order valence-corrected chi connectivity index (χ4v) is 2.70. The molecule has 0 unspecified atom stereocenters. The Kier molecular flexibility index (Phi) is 1.79. The lowest BCUT2D eigenvalue weighted by Gasteiger charge is -2.29. The largest absolute Gasteiger partial charge is 0.346 e. The molecular formula is C11H14N3O+. The highest BCUT2D eigenvalue weighted by Crippen LogP contribution is 2.41. The standard InChI is InChI=1S/C11H13N3O/c15-10-11(3-6-12-7-4-11)8-2-1-5-13-9(8)14-10/h1-2,5,12H,3-4,6-7H2,(H,13,14,15)/p+1. The van der Waals surface area contributed by atoms with Gasteiger partial charge in [0.1, 0.15) is 5.82 Å². The number of piperidine rings is 1. The van der Waals surface area contributed by atoms with Crippen LogP contribution in [-0.4, -0.2) is 24.0 Å². The quantitative estimate of drug-likeness (QED) is 0.605. The summed E-state index contributed by atoms with van der Waals surface area (Å²) in [6, 6.07) is 3.95. The van der Waals surface area contributed by atoms with E-state index in [-0.39, 0.29) is 11.3 Å². The third-order valence-corrected chi connectivity index (χ3v) is 3.54. The third kappa shape index (κ3) is 1.11. The molecule has 0 aromatic carbocycles. The molecule has 15 heavy (non-hydrogen) atoms. The maximum atomic E-state index is 12.0. The lowest BCUT2D eigenvalue weighted by molar-refractivity contribution is -0.664. The van der Waals surface area contributed by atoms with Crippen LogP contribution in [0.25, 0.3) is 0 Å². The van der Waals surface area contributed by atoms with E-state index in [1.807, 2.05) is 12.1 Å². The number of hydrogen-bond acceptors (Lipinski definition) is 2. The number of carbonyl (C=O) groups excluding carboxylic acids is 1. The van der Waals surface area contributed by atoms with Gasteiger partial charge in [-0.2, -0.15) is 0 Å². The van der Waals surface area contributed by atoms with Crippen LogP contribution in [0.2, 0.25) is 0 Å². The molecule has 0 atom stereocenters. The summed E-state index contributed by atoms with van der Waals surface area (Å²) in [7, 11) is 0. The van der Waals surface area contributed by atoms with Crippen molar-refractivity contribution in [2.75, 3.05) is 18.4 Å². The van der Waals surface area contributed by atoms with Crippen molar-refractivity contribution in [1.82, 2.24) is 4.98 Å². The zero-order valence-corrected chi connectivity index (χ0v) is 8.49. The minimum atomic E-state index is -0.279. The van der Waals surface area contributed by atoms with Gasteiger partial charge in [0.2, 0.25) is 5.91 Å². The molecule has 1 fully saturated rings. The van der Waals surface area contributed by atoms with Crippen LogP contribution in [0.3, 0.4) is 0 Å². The molecule has 1 amide bonds. The van der Waals surface area contributed by atoms with Gasteiger partial charge in [0.15, 0.2) is 0 Å². The van der Waals surface area contributed by atoms with Gasteiger partial charge in [-0.3, -0.25) is 4.79 Å². The van der Waals surface area contributed by atoms with Gasteiger partial charge in [0.25, 0.3) is 0 Å². The van der Waals surface area contributed by atoms with E-state index < -0.39 is 0 Å². The first-order valence-electron chi connectivity index (χ1n) is 5.41. The first kappa shape index (κ1) is 8.85. The van der Waals surface area contributed by atoms with Gasteiger partial charge >= 0.3 is 0 Å². The first-order chi connectivity index (χ1) is 7.33. The van der Waals surface area contributed by atoms with E-state index in [0.717, 1.165) is 37.3 Å². The van der Waals surface area contributed by atoms with Gasteiger partial charge in [0, 0.05) is 24.6 Å². The van der Waals surface area contributed by atoms with Crippen LogP contribution in [0.5, 0.6) is 0 Å². The molecule has 2 aliphatic rings. The van der Waals surface area contributed by atoms with E-state index in [2.05, 4.69) is 15.6 Å². The molecule has 1 spiro atoms. The number of carbonyl (C=O) groups is 1. The van der Waals surface area contributed by atoms with E-state index in [4.69, 9.17) is 0 Å². The Hall–Kier alpha value is -1.42. The van der Waals surface area contributed by atoms with Gasteiger partial charge in [-0.25, -0.2) is 4.98 Å². The molecule has 3 N–H and O–H groups in total. The molecule has 78 valence electrons. The van der Waals surface area contributed by atoms with Gasteiger partial charge in [-0.1, -0.05) is 6.07 Å². The maximum Gasteiger partial charge on any atom is 0.236 e. The molecule has 2 aliphatic heterocycles. The Morgan fingerprint density at radius 3 is 3.00 bits per heavy atom. The van der Waals surface area contributed by atoms with Crippen molar-refractivity contribution in [3.05, 3.63) is 23.9 Å². The normalized spacial score (nSPS) is 22.5. The van der Waals surface area contributed by atoms with Gasteiger partial charge in [-0.05, 0) is 6.07 Å². The van der Waals surface area contributed by atoms with Crippen molar-refractivity contribution in [2.45, 2.75) is 18.3 Å². The summed E-state index contributed by atoms with van der Waals surface area (Å²) in [5.41, 5.74) is 0.821. The fraction of sp³-hybridized carbons (Fsp3) is 0.455. The topological polar surface area (TPSA) is 58.6 Å². The van der Waals surface area contributed by atoms with Gasteiger partial charge in [-0.15, -0.1) is 0 Å². The number of rotatable bonds is 0. The van der Waals surface area contributed by atoms with E-state index in [1.165, 1.54) is 0 Å². The monoisotopic (exact) mass is 204 g/mol. The molecule has 0 bridgehead atoms. The number of fused-ring (bicyclic) bond motifs is 2. The SMILES string of the molecule is O=C1Nc2ncccc2C12CC[NH2+]CC2. The second-order valence-electron chi connectivity index (χ2n) is 4.30. The van der Waals surface area contributed by atoms with Crippen LogP contribution in [0.4, 0.5) is 5.82 Å². The number of nitrogens with two attached hydrogens (primary N) is 1. The summed E-state index contributed by atoms with van der Waals surface area (Å²) in [6.45, 7) is 2.06. The minimum Gasteiger partial charge on any atom is -0.346 e. The highest BCUT2D eigenvalue weighted by atomic mass is 16.2. The Morgan fingerprint density at radius 1 is 1.40 bits per heavy atom. The molecule has 0 saturated carbocycles. The third-order valence-electron chi connectivity index (χ3n) is 3.54. The Morgan fingerprint density at radius 2 is 2.20 bits per heavy atom. The average molecular weight is 204 g/mol. The minimum absolute atomic E-state index is 0.143. The summed E-state index contributed by atoms with van der Waals surface area (Å²) < 4.78 is 0. The number of amides is 1. The predicted octanol–water partition coefficient (Wildman–Crippen LogP) is -0.371. The number of quaternary nitrogens is 1. The zero-order valence-electron chi connectivity index (χ0n) is 8.49. The predicted molar refractivity (Wildman–Crippen MR) is 55.4 cm³/mol. The molecule has 1 saturated heterocycles. The van der Waals surface area contributed by atoms with Gasteiger partial charge in [0.05, 0.1) is 18.5 Å². The van der Waals surface area contributed by atoms with E-state index in [1.54, 1.807) is 6.20 Å².